The number of ether oxygens (including phenoxy) is 1. The van der Waals surface area contributed by atoms with E-state index in [0.29, 0.717) is 23.2 Å². The molecule has 7 nitrogen and oxygen atoms in total. The number of phenolic OH excluding ortho intramolecular Hbond substituents is 4. The van der Waals surface area contributed by atoms with E-state index in [1.807, 2.05) is 19.0 Å². The molecule has 0 bridgehead atoms. The first kappa shape index (κ1) is 17.2. The van der Waals surface area contributed by atoms with Gasteiger partial charge >= 0.3 is 0 Å². The van der Waals surface area contributed by atoms with Gasteiger partial charge < -0.3 is 35.2 Å². The van der Waals surface area contributed by atoms with Crippen LogP contribution >= 0.6 is 0 Å². The monoisotopic (exact) mass is 347 g/mol. The van der Waals surface area contributed by atoms with Crippen LogP contribution in [0.2, 0.25) is 0 Å². The average Bonchev–Trinajstić information content (AvgIpc) is 2.51. The van der Waals surface area contributed by atoms with Crippen molar-refractivity contribution in [3.05, 3.63) is 41.0 Å². The molecule has 0 aromatic heterocycles. The summed E-state index contributed by atoms with van der Waals surface area (Å²) in [5.74, 6) is -0.523. The lowest BCUT2D eigenvalue weighted by Crippen LogP contribution is -2.30. The van der Waals surface area contributed by atoms with E-state index in [0.717, 1.165) is 0 Å². The fourth-order valence-electron chi connectivity index (χ4n) is 3.08. The Kier molecular flexibility index (Phi) is 4.36. The molecule has 134 valence electrons. The summed E-state index contributed by atoms with van der Waals surface area (Å²) in [6.07, 6.45) is -1.63. The Morgan fingerprint density at radius 2 is 1.76 bits per heavy atom. The molecule has 0 spiro atoms. The van der Waals surface area contributed by atoms with Crippen molar-refractivity contribution in [1.82, 2.24) is 4.90 Å². The van der Waals surface area contributed by atoms with E-state index in [-0.39, 0.29) is 35.2 Å². The minimum Gasteiger partial charge on any atom is -0.508 e. The maximum atomic E-state index is 10.4. The van der Waals surface area contributed by atoms with Crippen molar-refractivity contribution in [2.45, 2.75) is 25.2 Å². The van der Waals surface area contributed by atoms with Crippen molar-refractivity contribution in [1.29, 1.82) is 0 Å². The normalized spacial score (nSPS) is 19.5. The first-order chi connectivity index (χ1) is 11.8. The molecule has 0 fully saturated rings. The molecule has 2 aromatic carbocycles. The zero-order valence-corrected chi connectivity index (χ0v) is 14.0. The van der Waals surface area contributed by atoms with Crippen LogP contribution in [-0.2, 0) is 13.0 Å². The number of aromatic hydroxyl groups is 4. The van der Waals surface area contributed by atoms with Crippen LogP contribution in [0.15, 0.2) is 24.3 Å². The van der Waals surface area contributed by atoms with Crippen LogP contribution in [0.5, 0.6) is 28.7 Å². The van der Waals surface area contributed by atoms with Gasteiger partial charge in [0, 0.05) is 36.2 Å². The standard InChI is InChI=1S/C18H21NO6/c1-19(2)8-10-3-9(4-14(22)17(10)24)18-15(23)7-12-13(21)5-11(20)6-16(12)25-18/h3-6,15,18,20-24H,7-8H2,1-2H3. The van der Waals surface area contributed by atoms with Gasteiger partial charge in [0.25, 0.3) is 0 Å². The molecule has 25 heavy (non-hydrogen) atoms. The number of benzene rings is 2. The summed E-state index contributed by atoms with van der Waals surface area (Å²) in [7, 11) is 3.66. The van der Waals surface area contributed by atoms with Gasteiger partial charge in [-0.1, -0.05) is 0 Å². The Morgan fingerprint density at radius 3 is 2.44 bits per heavy atom. The minimum atomic E-state index is -0.959. The molecule has 2 unspecified atom stereocenters. The van der Waals surface area contributed by atoms with Gasteiger partial charge in [0.1, 0.15) is 23.4 Å². The van der Waals surface area contributed by atoms with E-state index in [1.54, 1.807) is 6.07 Å². The smallest absolute Gasteiger partial charge is 0.162 e. The molecule has 1 aliphatic heterocycles. The number of hydrogen-bond acceptors (Lipinski definition) is 7. The van der Waals surface area contributed by atoms with Gasteiger partial charge in [-0.25, -0.2) is 0 Å². The van der Waals surface area contributed by atoms with Gasteiger partial charge in [0.2, 0.25) is 0 Å². The summed E-state index contributed by atoms with van der Waals surface area (Å²) in [5.41, 5.74) is 1.41. The van der Waals surface area contributed by atoms with E-state index in [2.05, 4.69) is 0 Å². The zero-order valence-electron chi connectivity index (χ0n) is 14.0. The summed E-state index contributed by atoms with van der Waals surface area (Å²) in [5, 5.41) is 50.0. The SMILES string of the molecule is CN(C)Cc1cc(C2Oc3cc(O)cc(O)c3CC2O)cc(O)c1O. The summed E-state index contributed by atoms with van der Waals surface area (Å²) < 4.78 is 5.77. The van der Waals surface area contributed by atoms with Crippen molar-refractivity contribution in [2.24, 2.45) is 0 Å². The Balaban J connectivity index is 2.00. The molecule has 0 saturated heterocycles. The zero-order chi connectivity index (χ0) is 18.3. The highest BCUT2D eigenvalue weighted by Gasteiger charge is 2.33. The molecule has 2 atom stereocenters. The van der Waals surface area contributed by atoms with E-state index in [9.17, 15) is 25.5 Å². The van der Waals surface area contributed by atoms with Crippen LogP contribution in [0.3, 0.4) is 0 Å². The van der Waals surface area contributed by atoms with E-state index in [1.165, 1.54) is 18.2 Å². The Labute approximate surface area is 145 Å². The summed E-state index contributed by atoms with van der Waals surface area (Å²) >= 11 is 0. The molecule has 2 aromatic rings. The van der Waals surface area contributed by atoms with Crippen LogP contribution in [0.25, 0.3) is 0 Å². The number of phenols is 4. The van der Waals surface area contributed by atoms with Crippen molar-refractivity contribution < 1.29 is 30.3 Å². The second-order valence-corrected chi connectivity index (χ2v) is 6.54. The highest BCUT2D eigenvalue weighted by molar-refractivity contribution is 5.53. The van der Waals surface area contributed by atoms with Crippen molar-refractivity contribution in [3.63, 3.8) is 0 Å². The van der Waals surface area contributed by atoms with Gasteiger partial charge in [0.05, 0.1) is 6.10 Å². The summed E-state index contributed by atoms with van der Waals surface area (Å²) in [6, 6.07) is 5.57. The van der Waals surface area contributed by atoms with E-state index < -0.39 is 12.2 Å². The molecular formula is C18H21NO6. The topological polar surface area (TPSA) is 114 Å². The molecule has 1 aliphatic rings. The molecule has 1 heterocycles. The molecule has 0 amide bonds. The Morgan fingerprint density at radius 1 is 1.04 bits per heavy atom. The van der Waals surface area contributed by atoms with E-state index >= 15 is 0 Å². The van der Waals surface area contributed by atoms with Crippen LogP contribution < -0.4 is 4.74 Å². The van der Waals surface area contributed by atoms with Crippen LogP contribution in [0, 0.1) is 0 Å². The van der Waals surface area contributed by atoms with Gasteiger partial charge in [-0.15, -0.1) is 0 Å². The lowest BCUT2D eigenvalue weighted by Gasteiger charge is -2.31. The maximum absolute atomic E-state index is 10.4. The quantitative estimate of drug-likeness (QED) is 0.536. The average molecular weight is 347 g/mol. The third-order valence-corrected chi connectivity index (χ3v) is 4.19. The number of rotatable bonds is 3. The van der Waals surface area contributed by atoms with Crippen LogP contribution in [0.4, 0.5) is 0 Å². The number of nitrogens with zero attached hydrogens (tertiary/aromatic N) is 1. The molecule has 3 rings (SSSR count). The van der Waals surface area contributed by atoms with Gasteiger partial charge in [-0.2, -0.15) is 0 Å². The van der Waals surface area contributed by atoms with Crippen molar-refractivity contribution in [3.8, 4) is 28.7 Å². The lowest BCUT2D eigenvalue weighted by molar-refractivity contribution is 0.0196. The fourth-order valence-corrected chi connectivity index (χ4v) is 3.08. The molecule has 0 radical (unpaired) electrons. The van der Waals surface area contributed by atoms with Gasteiger partial charge in [-0.05, 0) is 31.8 Å². The molecule has 5 N–H and O–H groups in total. The van der Waals surface area contributed by atoms with Crippen LogP contribution in [-0.4, -0.2) is 50.6 Å². The number of aliphatic hydroxyl groups excluding tert-OH is 1. The Bertz CT molecular complexity index is 805. The summed E-state index contributed by atoms with van der Waals surface area (Å²) in [6.45, 7) is 0.397. The first-order valence-corrected chi connectivity index (χ1v) is 7.85. The molecule has 0 saturated carbocycles. The van der Waals surface area contributed by atoms with Crippen molar-refractivity contribution >= 4 is 0 Å². The van der Waals surface area contributed by atoms with Gasteiger partial charge in [0.15, 0.2) is 11.5 Å². The van der Waals surface area contributed by atoms with E-state index in [4.69, 9.17) is 4.74 Å². The molecular weight excluding hydrogens is 326 g/mol. The second-order valence-electron chi connectivity index (χ2n) is 6.54. The first-order valence-electron chi connectivity index (χ1n) is 7.85. The lowest BCUT2D eigenvalue weighted by atomic mass is 9.92. The maximum Gasteiger partial charge on any atom is 0.162 e. The fraction of sp³-hybridized carbons (Fsp3) is 0.333. The highest BCUT2D eigenvalue weighted by atomic mass is 16.5. The predicted octanol–water partition coefficient (Wildman–Crippen LogP) is 1.61. The minimum absolute atomic E-state index is 0.136. The summed E-state index contributed by atoms with van der Waals surface area (Å²) in [4.78, 5) is 1.84. The number of hydrogen-bond donors (Lipinski definition) is 5. The van der Waals surface area contributed by atoms with Crippen LogP contribution in [0.1, 0.15) is 22.8 Å². The molecule has 0 aliphatic carbocycles. The number of aliphatic hydroxyl groups is 1. The third kappa shape index (κ3) is 3.29. The second kappa shape index (κ2) is 6.34. The number of fused-ring (bicyclic) bond motifs is 1. The molecule has 7 heteroatoms. The third-order valence-electron chi connectivity index (χ3n) is 4.19. The predicted molar refractivity (Wildman–Crippen MR) is 90.0 cm³/mol. The Hall–Kier alpha value is -2.64. The largest absolute Gasteiger partial charge is 0.508 e. The highest BCUT2D eigenvalue weighted by Crippen LogP contribution is 2.43. The van der Waals surface area contributed by atoms with Crippen molar-refractivity contribution in [2.75, 3.05) is 14.1 Å². The van der Waals surface area contributed by atoms with Gasteiger partial charge in [-0.3, -0.25) is 0 Å².